The Balaban J connectivity index is 2.18. The molecule has 0 unspecified atom stereocenters. The Morgan fingerprint density at radius 2 is 2.11 bits per heavy atom. The second-order valence-electron chi connectivity index (χ2n) is 4.38. The third kappa shape index (κ3) is 2.90. The summed E-state index contributed by atoms with van der Waals surface area (Å²) >= 11 is 0. The molecular weight excluding hydrogens is 248 g/mol. The van der Waals surface area contributed by atoms with Crippen molar-refractivity contribution in [2.24, 2.45) is 0 Å². The quantitative estimate of drug-likeness (QED) is 0.846. The molecular formula is C13H14N2O2S. The SMILES string of the molecule is CS(=O)(=O)CCCn1ccc2cc(C#N)ccc21. The van der Waals surface area contributed by atoms with Crippen molar-refractivity contribution < 1.29 is 8.42 Å². The summed E-state index contributed by atoms with van der Waals surface area (Å²) in [4.78, 5) is 0. The first-order valence-electron chi connectivity index (χ1n) is 5.66. The second kappa shape index (κ2) is 4.83. The molecule has 1 aromatic carbocycles. The molecule has 18 heavy (non-hydrogen) atoms. The van der Waals surface area contributed by atoms with E-state index in [2.05, 4.69) is 6.07 Å². The second-order valence-corrected chi connectivity index (χ2v) is 6.64. The van der Waals surface area contributed by atoms with Gasteiger partial charge in [-0.05, 0) is 30.7 Å². The van der Waals surface area contributed by atoms with Crippen LogP contribution in [0.1, 0.15) is 12.0 Å². The molecule has 0 fully saturated rings. The lowest BCUT2D eigenvalue weighted by atomic mass is 10.2. The molecule has 1 heterocycles. The molecule has 94 valence electrons. The molecule has 0 aliphatic rings. The van der Waals surface area contributed by atoms with Gasteiger partial charge in [0, 0.05) is 29.9 Å². The van der Waals surface area contributed by atoms with E-state index in [-0.39, 0.29) is 5.75 Å². The highest BCUT2D eigenvalue weighted by Gasteiger charge is 2.05. The van der Waals surface area contributed by atoms with Gasteiger partial charge in [0.05, 0.1) is 17.4 Å². The Morgan fingerprint density at radius 1 is 1.33 bits per heavy atom. The number of rotatable bonds is 4. The lowest BCUT2D eigenvalue weighted by molar-refractivity contribution is 0.593. The van der Waals surface area contributed by atoms with Gasteiger partial charge in [-0.1, -0.05) is 0 Å². The van der Waals surface area contributed by atoms with Crippen molar-refractivity contribution >= 4 is 20.7 Å². The molecule has 5 heteroatoms. The first kappa shape index (κ1) is 12.7. The fourth-order valence-electron chi connectivity index (χ4n) is 1.96. The highest BCUT2D eigenvalue weighted by Crippen LogP contribution is 2.17. The fraction of sp³-hybridized carbons (Fsp3) is 0.308. The van der Waals surface area contributed by atoms with E-state index in [0.717, 1.165) is 10.9 Å². The normalized spacial score (nSPS) is 11.6. The van der Waals surface area contributed by atoms with Gasteiger partial charge < -0.3 is 4.57 Å². The Labute approximate surface area is 106 Å². The minimum Gasteiger partial charge on any atom is -0.347 e. The van der Waals surface area contributed by atoms with Gasteiger partial charge in [0.15, 0.2) is 0 Å². The van der Waals surface area contributed by atoms with E-state index < -0.39 is 9.84 Å². The van der Waals surface area contributed by atoms with E-state index in [4.69, 9.17) is 5.26 Å². The van der Waals surface area contributed by atoms with Crippen LogP contribution in [0.25, 0.3) is 10.9 Å². The maximum Gasteiger partial charge on any atom is 0.147 e. The molecule has 0 N–H and O–H groups in total. The van der Waals surface area contributed by atoms with E-state index >= 15 is 0 Å². The molecule has 2 rings (SSSR count). The first-order valence-corrected chi connectivity index (χ1v) is 7.72. The van der Waals surface area contributed by atoms with Crippen LogP contribution in [0.2, 0.25) is 0 Å². The zero-order chi connectivity index (χ0) is 13.2. The number of sulfone groups is 1. The molecule has 0 bridgehead atoms. The van der Waals surface area contributed by atoms with E-state index in [1.807, 2.05) is 29.0 Å². The molecule has 2 aromatic rings. The Morgan fingerprint density at radius 3 is 2.78 bits per heavy atom. The van der Waals surface area contributed by atoms with Crippen LogP contribution in [0.3, 0.4) is 0 Å². The summed E-state index contributed by atoms with van der Waals surface area (Å²) in [6, 6.07) is 9.55. The maximum absolute atomic E-state index is 11.1. The summed E-state index contributed by atoms with van der Waals surface area (Å²) in [6.45, 7) is 0.669. The molecule has 0 saturated carbocycles. The largest absolute Gasteiger partial charge is 0.347 e. The van der Waals surface area contributed by atoms with Gasteiger partial charge in [-0.3, -0.25) is 0 Å². The predicted molar refractivity (Wildman–Crippen MR) is 71.0 cm³/mol. The van der Waals surface area contributed by atoms with Crippen molar-refractivity contribution in [2.75, 3.05) is 12.0 Å². The highest BCUT2D eigenvalue weighted by molar-refractivity contribution is 7.90. The van der Waals surface area contributed by atoms with E-state index in [1.165, 1.54) is 6.26 Å². The molecule has 1 aromatic heterocycles. The lowest BCUT2D eigenvalue weighted by Gasteiger charge is -2.04. The van der Waals surface area contributed by atoms with Crippen molar-refractivity contribution in [3.63, 3.8) is 0 Å². The van der Waals surface area contributed by atoms with Crippen molar-refractivity contribution in [3.05, 3.63) is 36.0 Å². The van der Waals surface area contributed by atoms with E-state index in [9.17, 15) is 8.42 Å². The van der Waals surface area contributed by atoms with Gasteiger partial charge in [-0.15, -0.1) is 0 Å². The van der Waals surface area contributed by atoms with Crippen LogP contribution in [0, 0.1) is 11.3 Å². The number of hydrogen-bond acceptors (Lipinski definition) is 3. The summed E-state index contributed by atoms with van der Waals surface area (Å²) in [5, 5.41) is 9.82. The average Bonchev–Trinajstić information content (AvgIpc) is 2.70. The number of aryl methyl sites for hydroxylation is 1. The van der Waals surface area contributed by atoms with Gasteiger partial charge in [0.1, 0.15) is 9.84 Å². The minimum absolute atomic E-state index is 0.197. The summed E-state index contributed by atoms with van der Waals surface area (Å²) in [5.74, 6) is 0.197. The number of nitrogens with zero attached hydrogens (tertiary/aromatic N) is 2. The maximum atomic E-state index is 11.1. The van der Waals surface area contributed by atoms with Gasteiger partial charge in [-0.25, -0.2) is 8.42 Å². The zero-order valence-corrected chi connectivity index (χ0v) is 10.9. The van der Waals surface area contributed by atoms with Crippen LogP contribution in [-0.4, -0.2) is 25.0 Å². The van der Waals surface area contributed by atoms with E-state index in [0.29, 0.717) is 18.5 Å². The van der Waals surface area contributed by atoms with Crippen molar-refractivity contribution in [1.82, 2.24) is 4.57 Å². The van der Waals surface area contributed by atoms with Gasteiger partial charge >= 0.3 is 0 Å². The number of nitriles is 1. The van der Waals surface area contributed by atoms with Gasteiger partial charge in [-0.2, -0.15) is 5.26 Å². The minimum atomic E-state index is -2.90. The highest BCUT2D eigenvalue weighted by atomic mass is 32.2. The molecule has 0 atom stereocenters. The average molecular weight is 262 g/mol. The third-order valence-electron chi connectivity index (χ3n) is 2.81. The van der Waals surface area contributed by atoms with Crippen molar-refractivity contribution in [2.45, 2.75) is 13.0 Å². The Hall–Kier alpha value is -1.80. The number of hydrogen-bond donors (Lipinski definition) is 0. The number of aromatic nitrogens is 1. The lowest BCUT2D eigenvalue weighted by Crippen LogP contribution is -2.06. The van der Waals surface area contributed by atoms with E-state index in [1.54, 1.807) is 6.07 Å². The number of benzene rings is 1. The fourth-order valence-corrected chi connectivity index (χ4v) is 2.62. The zero-order valence-electron chi connectivity index (χ0n) is 10.1. The van der Waals surface area contributed by atoms with Crippen LogP contribution in [0.15, 0.2) is 30.5 Å². The number of fused-ring (bicyclic) bond motifs is 1. The van der Waals surface area contributed by atoms with Gasteiger partial charge in [0.25, 0.3) is 0 Å². The summed E-state index contributed by atoms with van der Waals surface area (Å²) in [5.41, 5.74) is 1.67. The monoisotopic (exact) mass is 262 g/mol. The van der Waals surface area contributed by atoms with Crippen LogP contribution >= 0.6 is 0 Å². The van der Waals surface area contributed by atoms with Crippen LogP contribution in [0.4, 0.5) is 0 Å². The Bertz CT molecular complexity index is 708. The van der Waals surface area contributed by atoms with Crippen LogP contribution in [-0.2, 0) is 16.4 Å². The predicted octanol–water partition coefficient (Wildman–Crippen LogP) is 1.95. The summed E-state index contributed by atoms with van der Waals surface area (Å²) in [7, 11) is -2.90. The van der Waals surface area contributed by atoms with Crippen molar-refractivity contribution in [3.8, 4) is 6.07 Å². The molecule has 4 nitrogen and oxygen atoms in total. The molecule has 0 aliphatic heterocycles. The summed E-state index contributed by atoms with van der Waals surface area (Å²) < 4.78 is 24.1. The molecule has 0 saturated heterocycles. The molecule has 0 spiro atoms. The van der Waals surface area contributed by atoms with Crippen molar-refractivity contribution in [1.29, 1.82) is 5.26 Å². The topological polar surface area (TPSA) is 62.9 Å². The Kier molecular flexibility index (Phi) is 3.39. The van der Waals surface area contributed by atoms with Gasteiger partial charge in [0.2, 0.25) is 0 Å². The molecule has 0 aliphatic carbocycles. The molecule has 0 amide bonds. The standard InChI is InChI=1S/C13H14N2O2S/c1-18(16,17)8-2-6-15-7-5-12-9-11(10-14)3-4-13(12)15/h3-5,7,9H,2,6,8H2,1H3. The first-order chi connectivity index (χ1) is 8.49. The van der Waals surface area contributed by atoms with Crippen LogP contribution in [0.5, 0.6) is 0 Å². The molecule has 0 radical (unpaired) electrons. The third-order valence-corrected chi connectivity index (χ3v) is 3.84. The van der Waals surface area contributed by atoms with Crippen LogP contribution < -0.4 is 0 Å². The summed E-state index contributed by atoms with van der Waals surface area (Å²) in [6.07, 6.45) is 3.77. The smallest absolute Gasteiger partial charge is 0.147 e.